The number of para-hydroxylation sites is 2. The molecule has 6 heteroatoms. The third kappa shape index (κ3) is 3.86. The van der Waals surface area contributed by atoms with Crippen LogP contribution < -0.4 is 15.2 Å². The van der Waals surface area contributed by atoms with Crippen molar-refractivity contribution in [3.05, 3.63) is 24.3 Å². The Morgan fingerprint density at radius 3 is 2.62 bits per heavy atom. The standard InChI is InChI=1S/C15H22N2O4/c1-2-20-12-5-3-4-6-13(12)21-10-9-17-8-7-15(16,11-17)14(18)19/h3-6H,2,7-11,16H2,1H3,(H,18,19). The zero-order chi connectivity index (χ0) is 15.3. The summed E-state index contributed by atoms with van der Waals surface area (Å²) in [6, 6.07) is 7.51. The minimum Gasteiger partial charge on any atom is -0.490 e. The van der Waals surface area contributed by atoms with Crippen LogP contribution in [0.4, 0.5) is 0 Å². The summed E-state index contributed by atoms with van der Waals surface area (Å²) in [5.74, 6) is 0.489. The van der Waals surface area contributed by atoms with Crippen molar-refractivity contribution in [2.24, 2.45) is 5.73 Å². The molecule has 0 saturated carbocycles. The molecule has 116 valence electrons. The lowest BCUT2D eigenvalue weighted by Crippen LogP contribution is -2.50. The average molecular weight is 294 g/mol. The first-order chi connectivity index (χ1) is 10.0. The molecule has 0 aromatic heterocycles. The van der Waals surface area contributed by atoms with Crippen LogP contribution in [0.1, 0.15) is 13.3 Å². The summed E-state index contributed by atoms with van der Waals surface area (Å²) >= 11 is 0. The molecule has 1 aliphatic heterocycles. The topological polar surface area (TPSA) is 85.0 Å². The van der Waals surface area contributed by atoms with Crippen molar-refractivity contribution >= 4 is 5.97 Å². The van der Waals surface area contributed by atoms with Gasteiger partial charge in [0.25, 0.3) is 0 Å². The molecular formula is C15H22N2O4. The highest BCUT2D eigenvalue weighted by Crippen LogP contribution is 2.26. The van der Waals surface area contributed by atoms with Gasteiger partial charge in [-0.2, -0.15) is 0 Å². The predicted molar refractivity (Wildman–Crippen MR) is 78.7 cm³/mol. The van der Waals surface area contributed by atoms with Gasteiger partial charge >= 0.3 is 5.97 Å². The van der Waals surface area contributed by atoms with E-state index in [0.717, 1.165) is 5.75 Å². The molecule has 1 heterocycles. The van der Waals surface area contributed by atoms with Gasteiger partial charge < -0.3 is 20.3 Å². The molecule has 21 heavy (non-hydrogen) atoms. The van der Waals surface area contributed by atoms with Gasteiger partial charge in [-0.1, -0.05) is 12.1 Å². The van der Waals surface area contributed by atoms with E-state index < -0.39 is 11.5 Å². The Labute approximate surface area is 124 Å². The van der Waals surface area contributed by atoms with Crippen molar-refractivity contribution in [2.45, 2.75) is 18.9 Å². The average Bonchev–Trinajstić information content (AvgIpc) is 2.84. The second-order valence-electron chi connectivity index (χ2n) is 5.22. The number of hydrogen-bond acceptors (Lipinski definition) is 5. The van der Waals surface area contributed by atoms with Crippen LogP contribution in [-0.2, 0) is 4.79 Å². The summed E-state index contributed by atoms with van der Waals surface area (Å²) in [6.07, 6.45) is 0.470. The maximum Gasteiger partial charge on any atom is 0.325 e. The molecule has 1 aromatic carbocycles. The van der Waals surface area contributed by atoms with Gasteiger partial charge in [-0.15, -0.1) is 0 Å². The van der Waals surface area contributed by atoms with Crippen molar-refractivity contribution in [2.75, 3.05) is 32.8 Å². The molecule has 1 aromatic rings. The SMILES string of the molecule is CCOc1ccccc1OCCN1CCC(N)(C(=O)O)C1. The molecule has 0 bridgehead atoms. The maximum absolute atomic E-state index is 11.1. The van der Waals surface area contributed by atoms with Crippen LogP contribution >= 0.6 is 0 Å². The highest BCUT2D eigenvalue weighted by atomic mass is 16.5. The van der Waals surface area contributed by atoms with E-state index in [2.05, 4.69) is 0 Å². The number of nitrogens with zero attached hydrogens (tertiary/aromatic N) is 1. The van der Waals surface area contributed by atoms with Crippen molar-refractivity contribution < 1.29 is 19.4 Å². The van der Waals surface area contributed by atoms with Crippen LogP contribution in [-0.4, -0.2) is 54.4 Å². The molecular weight excluding hydrogens is 272 g/mol. The summed E-state index contributed by atoms with van der Waals surface area (Å²) in [5.41, 5.74) is 4.71. The summed E-state index contributed by atoms with van der Waals surface area (Å²) < 4.78 is 11.2. The summed E-state index contributed by atoms with van der Waals surface area (Å²) in [6.45, 7) is 4.67. The van der Waals surface area contributed by atoms with Crippen molar-refractivity contribution in [3.8, 4) is 11.5 Å². The Balaban J connectivity index is 1.82. The molecule has 2 rings (SSSR count). The highest BCUT2D eigenvalue weighted by molar-refractivity contribution is 5.79. The van der Waals surface area contributed by atoms with E-state index in [1.165, 1.54) is 0 Å². The van der Waals surface area contributed by atoms with Crippen LogP contribution in [0.3, 0.4) is 0 Å². The Morgan fingerprint density at radius 1 is 1.38 bits per heavy atom. The third-order valence-corrected chi connectivity index (χ3v) is 3.62. The van der Waals surface area contributed by atoms with Crippen LogP contribution in [0, 0.1) is 0 Å². The van der Waals surface area contributed by atoms with E-state index >= 15 is 0 Å². The van der Waals surface area contributed by atoms with Gasteiger partial charge in [0.05, 0.1) is 6.61 Å². The molecule has 1 unspecified atom stereocenters. The Hall–Kier alpha value is -1.79. The fourth-order valence-corrected chi connectivity index (χ4v) is 2.41. The number of nitrogens with two attached hydrogens (primary N) is 1. The zero-order valence-electron chi connectivity index (χ0n) is 12.2. The lowest BCUT2D eigenvalue weighted by atomic mass is 10.0. The van der Waals surface area contributed by atoms with E-state index in [-0.39, 0.29) is 0 Å². The number of carbonyl (C=O) groups is 1. The lowest BCUT2D eigenvalue weighted by Gasteiger charge is -2.20. The van der Waals surface area contributed by atoms with Gasteiger partial charge in [0.15, 0.2) is 11.5 Å². The van der Waals surface area contributed by atoms with Gasteiger partial charge in [-0.25, -0.2) is 0 Å². The molecule has 1 atom stereocenters. The summed E-state index contributed by atoms with van der Waals surface area (Å²) in [5, 5.41) is 9.09. The van der Waals surface area contributed by atoms with Gasteiger partial charge in [0.2, 0.25) is 0 Å². The zero-order valence-corrected chi connectivity index (χ0v) is 12.2. The number of rotatable bonds is 7. The van der Waals surface area contributed by atoms with Gasteiger partial charge in [-0.05, 0) is 25.5 Å². The van der Waals surface area contributed by atoms with Gasteiger partial charge in [0, 0.05) is 19.6 Å². The minimum absolute atomic E-state index is 0.360. The van der Waals surface area contributed by atoms with Crippen LogP contribution in [0.5, 0.6) is 11.5 Å². The van der Waals surface area contributed by atoms with Gasteiger partial charge in [0.1, 0.15) is 12.1 Å². The number of carboxylic acids is 1. The fraction of sp³-hybridized carbons (Fsp3) is 0.533. The first-order valence-corrected chi connectivity index (χ1v) is 7.14. The monoisotopic (exact) mass is 294 g/mol. The highest BCUT2D eigenvalue weighted by Gasteiger charge is 2.40. The van der Waals surface area contributed by atoms with Crippen LogP contribution in [0.25, 0.3) is 0 Å². The minimum atomic E-state index is -1.12. The number of likely N-dealkylation sites (tertiary alicyclic amines) is 1. The molecule has 0 aliphatic carbocycles. The molecule has 1 fully saturated rings. The van der Waals surface area contributed by atoms with Crippen LogP contribution in [0.2, 0.25) is 0 Å². The second-order valence-corrected chi connectivity index (χ2v) is 5.22. The molecule has 1 saturated heterocycles. The molecule has 0 amide bonds. The van der Waals surface area contributed by atoms with E-state index in [9.17, 15) is 4.79 Å². The van der Waals surface area contributed by atoms with E-state index in [1.807, 2.05) is 36.1 Å². The third-order valence-electron chi connectivity index (χ3n) is 3.62. The molecule has 6 nitrogen and oxygen atoms in total. The molecule has 3 N–H and O–H groups in total. The normalized spacial score (nSPS) is 22.2. The van der Waals surface area contributed by atoms with E-state index in [0.29, 0.717) is 45.0 Å². The summed E-state index contributed by atoms with van der Waals surface area (Å²) in [7, 11) is 0. The Morgan fingerprint density at radius 2 is 2.05 bits per heavy atom. The largest absolute Gasteiger partial charge is 0.490 e. The van der Waals surface area contributed by atoms with E-state index in [4.69, 9.17) is 20.3 Å². The van der Waals surface area contributed by atoms with Gasteiger partial charge in [-0.3, -0.25) is 9.69 Å². The first kappa shape index (κ1) is 15.6. The molecule has 1 aliphatic rings. The fourth-order valence-electron chi connectivity index (χ4n) is 2.41. The summed E-state index contributed by atoms with van der Waals surface area (Å²) in [4.78, 5) is 13.1. The number of carboxylic acid groups (broad SMARTS) is 1. The number of aliphatic carboxylic acids is 1. The lowest BCUT2D eigenvalue weighted by molar-refractivity contribution is -0.142. The van der Waals surface area contributed by atoms with E-state index in [1.54, 1.807) is 0 Å². The predicted octanol–water partition coefficient (Wildman–Crippen LogP) is 0.952. The van der Waals surface area contributed by atoms with Crippen LogP contribution in [0.15, 0.2) is 24.3 Å². The number of ether oxygens (including phenoxy) is 2. The van der Waals surface area contributed by atoms with Crippen molar-refractivity contribution in [1.82, 2.24) is 4.90 Å². The smallest absolute Gasteiger partial charge is 0.325 e. The Bertz CT molecular complexity index is 494. The number of benzene rings is 1. The van der Waals surface area contributed by atoms with Crippen molar-refractivity contribution in [1.29, 1.82) is 0 Å². The maximum atomic E-state index is 11.1. The Kier molecular flexibility index (Phi) is 5.03. The first-order valence-electron chi connectivity index (χ1n) is 7.14. The molecule has 0 radical (unpaired) electrons. The second kappa shape index (κ2) is 6.78. The van der Waals surface area contributed by atoms with Crippen molar-refractivity contribution in [3.63, 3.8) is 0 Å². The quantitative estimate of drug-likeness (QED) is 0.779. The number of hydrogen-bond donors (Lipinski definition) is 2. The molecule has 0 spiro atoms.